The van der Waals surface area contributed by atoms with Gasteiger partial charge in [0.25, 0.3) is 5.91 Å². The van der Waals surface area contributed by atoms with Gasteiger partial charge in [0.15, 0.2) is 0 Å². The number of nitrogens with one attached hydrogen (secondary N) is 1. The van der Waals surface area contributed by atoms with E-state index in [9.17, 15) is 4.79 Å². The van der Waals surface area contributed by atoms with Gasteiger partial charge in [-0.05, 0) is 6.07 Å². The normalized spacial score (nSPS) is 10.3. The van der Waals surface area contributed by atoms with E-state index in [-0.39, 0.29) is 5.91 Å². The van der Waals surface area contributed by atoms with Gasteiger partial charge in [-0.15, -0.1) is 11.3 Å². The van der Waals surface area contributed by atoms with Gasteiger partial charge in [-0.3, -0.25) is 4.79 Å². The number of thiophene rings is 1. The van der Waals surface area contributed by atoms with Crippen LogP contribution in [0.2, 0.25) is 0 Å². The molecule has 0 aliphatic rings. The van der Waals surface area contributed by atoms with E-state index in [1.807, 2.05) is 29.6 Å². The molecule has 0 radical (unpaired) electrons. The molecule has 0 aliphatic heterocycles. The van der Waals surface area contributed by atoms with E-state index in [1.54, 1.807) is 11.3 Å². The molecule has 2 nitrogen and oxygen atoms in total. The number of hydrogen-bond donors (Lipinski definition) is 1. The van der Waals surface area contributed by atoms with E-state index in [0.29, 0.717) is 6.54 Å². The van der Waals surface area contributed by atoms with Gasteiger partial charge in [0.1, 0.15) is 0 Å². The highest BCUT2D eigenvalue weighted by Crippen LogP contribution is 2.25. The van der Waals surface area contributed by atoms with Crippen molar-refractivity contribution in [3.63, 3.8) is 0 Å². The van der Waals surface area contributed by atoms with Crippen molar-refractivity contribution in [1.29, 1.82) is 0 Å². The third kappa shape index (κ3) is 2.33. The van der Waals surface area contributed by atoms with Crippen LogP contribution in [-0.4, -0.2) is 12.5 Å². The monoisotopic (exact) mass is 295 g/mol. The van der Waals surface area contributed by atoms with Crippen LogP contribution < -0.4 is 5.32 Å². The maximum absolute atomic E-state index is 11.9. The molecular formula is C12H10BrNOS. The predicted molar refractivity (Wildman–Crippen MR) is 72.2 cm³/mol. The van der Waals surface area contributed by atoms with Crippen LogP contribution >= 0.6 is 27.3 Å². The van der Waals surface area contributed by atoms with Crippen LogP contribution in [0.1, 0.15) is 10.4 Å². The zero-order valence-electron chi connectivity index (χ0n) is 8.50. The van der Waals surface area contributed by atoms with E-state index in [4.69, 9.17) is 0 Å². The summed E-state index contributed by atoms with van der Waals surface area (Å²) in [5, 5.41) is 5.69. The summed E-state index contributed by atoms with van der Waals surface area (Å²) >= 11 is 4.79. The Morgan fingerprint density at radius 3 is 2.94 bits per heavy atom. The maximum atomic E-state index is 11.9. The number of benzene rings is 1. The Kier molecular flexibility index (Phi) is 3.41. The lowest BCUT2D eigenvalue weighted by molar-refractivity contribution is 0.0960. The number of amides is 1. The minimum atomic E-state index is -0.0574. The van der Waals surface area contributed by atoms with Crippen molar-refractivity contribution in [3.8, 4) is 0 Å². The molecule has 0 saturated carbocycles. The lowest BCUT2D eigenvalue weighted by Gasteiger charge is -2.02. The van der Waals surface area contributed by atoms with Crippen LogP contribution in [0.25, 0.3) is 10.1 Å². The smallest absolute Gasteiger partial charge is 0.253 e. The number of carbonyl (C=O) groups excluding carboxylic acids is 1. The molecule has 82 valence electrons. The lowest BCUT2D eigenvalue weighted by atomic mass is 10.2. The van der Waals surface area contributed by atoms with Crippen LogP contribution in [0.5, 0.6) is 0 Å². The van der Waals surface area contributed by atoms with E-state index >= 15 is 0 Å². The Morgan fingerprint density at radius 1 is 1.44 bits per heavy atom. The van der Waals surface area contributed by atoms with E-state index in [1.165, 1.54) is 0 Å². The number of carbonyl (C=O) groups is 1. The van der Waals surface area contributed by atoms with Crippen molar-refractivity contribution in [3.05, 3.63) is 46.3 Å². The molecule has 1 heterocycles. The van der Waals surface area contributed by atoms with Crippen molar-refractivity contribution < 1.29 is 4.79 Å². The van der Waals surface area contributed by atoms with Crippen molar-refractivity contribution >= 4 is 43.3 Å². The highest BCUT2D eigenvalue weighted by molar-refractivity contribution is 9.11. The van der Waals surface area contributed by atoms with Gasteiger partial charge in [0, 0.05) is 26.5 Å². The Morgan fingerprint density at radius 2 is 2.19 bits per heavy atom. The summed E-state index contributed by atoms with van der Waals surface area (Å²) in [5.74, 6) is -0.0574. The molecule has 0 saturated heterocycles. The van der Waals surface area contributed by atoms with E-state index in [2.05, 4.69) is 27.8 Å². The second-order valence-electron chi connectivity index (χ2n) is 3.35. The van der Waals surface area contributed by atoms with Gasteiger partial charge in [-0.2, -0.15) is 0 Å². The molecule has 1 aromatic carbocycles. The second kappa shape index (κ2) is 4.80. The first kappa shape index (κ1) is 11.4. The molecule has 1 amide bonds. The summed E-state index contributed by atoms with van der Waals surface area (Å²) in [6.07, 6.45) is 0. The van der Waals surface area contributed by atoms with E-state index < -0.39 is 0 Å². The van der Waals surface area contributed by atoms with Gasteiger partial charge in [-0.25, -0.2) is 0 Å². The fraction of sp³-hybridized carbons (Fsp3) is 0.0833. The molecular weight excluding hydrogens is 286 g/mol. The third-order valence-electron chi connectivity index (χ3n) is 2.17. The zero-order valence-corrected chi connectivity index (χ0v) is 10.9. The number of fused-ring (bicyclic) bond motifs is 1. The number of halogens is 1. The molecule has 0 aliphatic carbocycles. The van der Waals surface area contributed by atoms with Crippen LogP contribution in [0.15, 0.2) is 40.7 Å². The minimum absolute atomic E-state index is 0.0574. The summed E-state index contributed by atoms with van der Waals surface area (Å²) < 4.78 is 1.89. The molecule has 4 heteroatoms. The number of hydrogen-bond acceptors (Lipinski definition) is 2. The molecule has 1 aromatic heterocycles. The highest BCUT2D eigenvalue weighted by Gasteiger charge is 2.10. The van der Waals surface area contributed by atoms with Crippen LogP contribution in [0.4, 0.5) is 0 Å². The molecule has 0 unspecified atom stereocenters. The minimum Gasteiger partial charge on any atom is -0.347 e. The Balaban J connectivity index is 2.26. The lowest BCUT2D eigenvalue weighted by Crippen LogP contribution is -2.23. The molecule has 0 spiro atoms. The average Bonchev–Trinajstić information content (AvgIpc) is 2.69. The van der Waals surface area contributed by atoms with Gasteiger partial charge >= 0.3 is 0 Å². The highest BCUT2D eigenvalue weighted by atomic mass is 79.9. The van der Waals surface area contributed by atoms with Gasteiger partial charge in [-0.1, -0.05) is 40.7 Å². The Bertz CT molecular complexity index is 547. The topological polar surface area (TPSA) is 29.1 Å². The first-order valence-corrected chi connectivity index (χ1v) is 6.43. The molecule has 2 rings (SSSR count). The predicted octanol–water partition coefficient (Wildman–Crippen LogP) is 3.54. The standard InChI is InChI=1S/C12H10BrNOS/c1-8(13)6-14-12(15)10-7-16-11-5-3-2-4-9(10)11/h2-5,7H,1,6H2,(H,14,15). The zero-order chi connectivity index (χ0) is 11.5. The van der Waals surface area contributed by atoms with E-state index in [0.717, 1.165) is 20.1 Å². The summed E-state index contributed by atoms with van der Waals surface area (Å²) in [6, 6.07) is 7.89. The van der Waals surface area contributed by atoms with Gasteiger partial charge in [0.2, 0.25) is 0 Å². The van der Waals surface area contributed by atoms with Crippen molar-refractivity contribution in [2.75, 3.05) is 6.54 Å². The van der Waals surface area contributed by atoms with Crippen molar-refractivity contribution in [1.82, 2.24) is 5.32 Å². The largest absolute Gasteiger partial charge is 0.347 e. The van der Waals surface area contributed by atoms with Crippen molar-refractivity contribution in [2.24, 2.45) is 0 Å². The third-order valence-corrected chi connectivity index (χ3v) is 3.41. The molecule has 2 aromatic rings. The maximum Gasteiger partial charge on any atom is 0.253 e. The summed E-state index contributed by atoms with van der Waals surface area (Å²) in [7, 11) is 0. The van der Waals surface area contributed by atoms with Crippen LogP contribution in [0.3, 0.4) is 0 Å². The summed E-state index contributed by atoms with van der Waals surface area (Å²) in [4.78, 5) is 11.9. The average molecular weight is 296 g/mol. The quantitative estimate of drug-likeness (QED) is 0.922. The Hall–Kier alpha value is -1.13. The van der Waals surface area contributed by atoms with Gasteiger partial charge < -0.3 is 5.32 Å². The first-order valence-electron chi connectivity index (χ1n) is 4.76. The molecule has 0 fully saturated rings. The van der Waals surface area contributed by atoms with Crippen molar-refractivity contribution in [2.45, 2.75) is 0 Å². The fourth-order valence-electron chi connectivity index (χ4n) is 1.43. The SMILES string of the molecule is C=C(Br)CNC(=O)c1csc2ccccc12. The second-order valence-corrected chi connectivity index (χ2v) is 5.38. The molecule has 1 N–H and O–H groups in total. The first-order chi connectivity index (χ1) is 7.68. The molecule has 16 heavy (non-hydrogen) atoms. The van der Waals surface area contributed by atoms with Crippen LogP contribution in [-0.2, 0) is 0 Å². The molecule has 0 atom stereocenters. The number of rotatable bonds is 3. The molecule has 0 bridgehead atoms. The van der Waals surface area contributed by atoms with Crippen LogP contribution in [0, 0.1) is 0 Å². The Labute approximate surface area is 106 Å². The summed E-state index contributed by atoms with van der Waals surface area (Å²) in [6.45, 7) is 4.12. The summed E-state index contributed by atoms with van der Waals surface area (Å²) in [5.41, 5.74) is 0.731. The van der Waals surface area contributed by atoms with Gasteiger partial charge in [0.05, 0.1) is 5.56 Å². The fourth-order valence-corrected chi connectivity index (χ4v) is 2.51.